The number of ether oxygens (including phenoxy) is 1. The summed E-state index contributed by atoms with van der Waals surface area (Å²) in [6.07, 6.45) is 9.90. The van der Waals surface area contributed by atoms with Crippen LogP contribution >= 0.6 is 23.4 Å². The van der Waals surface area contributed by atoms with Gasteiger partial charge in [-0.2, -0.15) is 0 Å². The van der Waals surface area contributed by atoms with Gasteiger partial charge in [-0.25, -0.2) is 0 Å². The number of likely N-dealkylation sites (tertiary alicyclic amines) is 1. The standard InChI is InChI=1S/C33H45ClN2O5S/c1-5-7-8-13-20-41-32(40)26-25-21-23(4)33(42-25)27(26)30(38)36(18-11-9-10-12-19-37)29(33)31(39)35(17-6-2)28-22(3)15-14-16-24(28)34/h5-6,14-16,23,25-27,29,37H,1-2,7-13,17-21H2,3-4H3/t23?,25-,26+,27+,29?,33?/m1/s1. The molecule has 1 spiro atoms. The molecule has 0 aliphatic carbocycles. The number of nitrogens with zero attached hydrogens (tertiary/aromatic N) is 2. The third-order valence-corrected chi connectivity index (χ3v) is 11.5. The molecule has 6 atom stereocenters. The Bertz CT molecular complexity index is 1160. The SMILES string of the molecule is C=CCCCCOC(=O)[C@@H]1[C@H]2C(=O)N(CCCCCCO)C(C(=O)N(CC=C)c3c(C)cccc3Cl)C23S[C@@H]1CC3C. The summed E-state index contributed by atoms with van der Waals surface area (Å²) in [6, 6.07) is 4.81. The number of para-hydroxylation sites is 1. The fourth-order valence-corrected chi connectivity index (χ4v) is 9.98. The number of carbonyl (C=O) groups is 3. The summed E-state index contributed by atoms with van der Waals surface area (Å²) in [5.41, 5.74) is 1.49. The van der Waals surface area contributed by atoms with E-state index in [0.717, 1.165) is 44.1 Å². The Morgan fingerprint density at radius 1 is 1.19 bits per heavy atom. The maximum Gasteiger partial charge on any atom is 0.310 e. The fourth-order valence-electron chi connectivity index (χ4n) is 7.25. The number of anilines is 1. The van der Waals surface area contributed by atoms with E-state index >= 15 is 0 Å². The summed E-state index contributed by atoms with van der Waals surface area (Å²) >= 11 is 8.32. The minimum absolute atomic E-state index is 0.0596. The second-order valence-corrected chi connectivity index (χ2v) is 13.8. The third-order valence-electron chi connectivity index (χ3n) is 9.14. The highest BCUT2D eigenvalue weighted by Crippen LogP contribution is 2.69. The zero-order chi connectivity index (χ0) is 30.4. The molecule has 230 valence electrons. The number of hydrogen-bond acceptors (Lipinski definition) is 6. The van der Waals surface area contributed by atoms with Crippen LogP contribution in [0.25, 0.3) is 0 Å². The molecule has 3 heterocycles. The topological polar surface area (TPSA) is 87.1 Å². The van der Waals surface area contributed by atoms with Gasteiger partial charge in [-0.15, -0.1) is 24.9 Å². The molecule has 0 saturated carbocycles. The molecule has 9 heteroatoms. The van der Waals surface area contributed by atoms with E-state index in [0.29, 0.717) is 36.7 Å². The number of thioether (sulfide) groups is 1. The van der Waals surface area contributed by atoms with Gasteiger partial charge in [-0.1, -0.05) is 55.7 Å². The Hall–Kier alpha value is -2.29. The minimum Gasteiger partial charge on any atom is -0.465 e. The molecule has 3 unspecified atom stereocenters. The molecule has 3 fully saturated rings. The molecule has 1 aromatic rings. The quantitative estimate of drug-likeness (QED) is 0.140. The first-order chi connectivity index (χ1) is 20.2. The number of allylic oxidation sites excluding steroid dienone is 1. The van der Waals surface area contributed by atoms with Gasteiger partial charge in [0.05, 0.1) is 33.9 Å². The number of unbranched alkanes of at least 4 members (excludes halogenated alkanes) is 5. The van der Waals surface area contributed by atoms with Crippen LogP contribution in [0.15, 0.2) is 43.5 Å². The smallest absolute Gasteiger partial charge is 0.310 e. The molecule has 42 heavy (non-hydrogen) atoms. The van der Waals surface area contributed by atoms with E-state index in [1.165, 1.54) is 0 Å². The van der Waals surface area contributed by atoms with Gasteiger partial charge in [-0.3, -0.25) is 14.4 Å². The Labute approximate surface area is 259 Å². The van der Waals surface area contributed by atoms with Crippen LogP contribution in [0.3, 0.4) is 0 Å². The van der Waals surface area contributed by atoms with Gasteiger partial charge in [0.25, 0.3) is 5.91 Å². The number of aliphatic hydroxyl groups is 1. The zero-order valence-corrected chi connectivity index (χ0v) is 26.5. The second-order valence-electron chi connectivity index (χ2n) is 11.8. The Balaban J connectivity index is 1.70. The van der Waals surface area contributed by atoms with Crippen LogP contribution in [0.4, 0.5) is 5.69 Å². The van der Waals surface area contributed by atoms with E-state index in [1.54, 1.807) is 33.7 Å². The van der Waals surface area contributed by atoms with Crippen LogP contribution in [0.2, 0.25) is 5.02 Å². The predicted octanol–water partition coefficient (Wildman–Crippen LogP) is 5.96. The largest absolute Gasteiger partial charge is 0.465 e. The van der Waals surface area contributed by atoms with Crippen LogP contribution < -0.4 is 4.90 Å². The van der Waals surface area contributed by atoms with E-state index in [2.05, 4.69) is 20.1 Å². The Morgan fingerprint density at radius 2 is 1.95 bits per heavy atom. The summed E-state index contributed by atoms with van der Waals surface area (Å²) in [7, 11) is 0. The predicted molar refractivity (Wildman–Crippen MR) is 170 cm³/mol. The van der Waals surface area contributed by atoms with Crippen molar-refractivity contribution in [2.75, 3.05) is 31.2 Å². The van der Waals surface area contributed by atoms with Crippen molar-refractivity contribution in [1.82, 2.24) is 4.90 Å². The van der Waals surface area contributed by atoms with Gasteiger partial charge in [0.15, 0.2) is 0 Å². The number of aryl methyl sites for hydroxylation is 1. The van der Waals surface area contributed by atoms with Crippen LogP contribution in [0.1, 0.15) is 63.9 Å². The molecular formula is C33H45ClN2O5S. The van der Waals surface area contributed by atoms with Crippen molar-refractivity contribution in [2.24, 2.45) is 17.8 Å². The fraction of sp³-hybridized carbons (Fsp3) is 0.606. The maximum atomic E-state index is 14.8. The molecule has 1 N–H and O–H groups in total. The van der Waals surface area contributed by atoms with Gasteiger partial charge in [-0.05, 0) is 63.0 Å². The second kappa shape index (κ2) is 14.5. The Morgan fingerprint density at radius 3 is 2.64 bits per heavy atom. The van der Waals surface area contributed by atoms with Crippen LogP contribution in [0, 0.1) is 24.7 Å². The minimum atomic E-state index is -0.737. The average molecular weight is 617 g/mol. The first kappa shape index (κ1) is 32.6. The number of rotatable bonds is 16. The maximum absolute atomic E-state index is 14.8. The highest BCUT2D eigenvalue weighted by Gasteiger charge is 2.76. The summed E-state index contributed by atoms with van der Waals surface area (Å²) in [6.45, 7) is 12.8. The lowest BCUT2D eigenvalue weighted by molar-refractivity contribution is -0.154. The monoisotopic (exact) mass is 616 g/mol. The third kappa shape index (κ3) is 6.04. The molecule has 2 bridgehead atoms. The molecule has 2 amide bonds. The first-order valence-electron chi connectivity index (χ1n) is 15.3. The lowest BCUT2D eigenvalue weighted by Gasteiger charge is -2.40. The molecule has 4 rings (SSSR count). The van der Waals surface area contributed by atoms with E-state index in [4.69, 9.17) is 16.3 Å². The van der Waals surface area contributed by atoms with Crippen molar-refractivity contribution in [3.63, 3.8) is 0 Å². The highest BCUT2D eigenvalue weighted by atomic mass is 35.5. The van der Waals surface area contributed by atoms with E-state index < -0.39 is 22.6 Å². The van der Waals surface area contributed by atoms with Gasteiger partial charge in [0.1, 0.15) is 6.04 Å². The molecule has 0 aromatic heterocycles. The van der Waals surface area contributed by atoms with Gasteiger partial charge in [0.2, 0.25) is 5.91 Å². The van der Waals surface area contributed by atoms with E-state index in [1.807, 2.05) is 25.1 Å². The number of amides is 2. The lowest BCUT2D eigenvalue weighted by atomic mass is 9.66. The molecule has 0 radical (unpaired) electrons. The molecular weight excluding hydrogens is 572 g/mol. The van der Waals surface area contributed by atoms with Gasteiger partial charge in [0, 0.05) is 24.9 Å². The van der Waals surface area contributed by atoms with E-state index in [9.17, 15) is 19.5 Å². The highest BCUT2D eigenvalue weighted by molar-refractivity contribution is 8.02. The number of esters is 1. The Kier molecular flexibility index (Phi) is 11.2. The normalized spacial score (nSPS) is 27.7. The van der Waals surface area contributed by atoms with Crippen LogP contribution in [-0.2, 0) is 19.1 Å². The molecule has 3 aliphatic rings. The average Bonchev–Trinajstić information content (AvgIpc) is 3.55. The van der Waals surface area contributed by atoms with Crippen molar-refractivity contribution < 1.29 is 24.2 Å². The van der Waals surface area contributed by atoms with Crippen molar-refractivity contribution in [2.45, 2.75) is 81.3 Å². The summed E-state index contributed by atoms with van der Waals surface area (Å²) in [5.74, 6) is -1.75. The first-order valence-corrected chi connectivity index (χ1v) is 16.5. The molecule has 7 nitrogen and oxygen atoms in total. The number of halogens is 1. The lowest BCUT2D eigenvalue weighted by Crippen LogP contribution is -2.57. The van der Waals surface area contributed by atoms with Crippen molar-refractivity contribution in [3.8, 4) is 0 Å². The van der Waals surface area contributed by atoms with Crippen molar-refractivity contribution in [3.05, 3.63) is 54.1 Å². The summed E-state index contributed by atoms with van der Waals surface area (Å²) in [5, 5.41) is 9.61. The molecule has 1 aromatic carbocycles. The van der Waals surface area contributed by atoms with Gasteiger partial charge >= 0.3 is 5.97 Å². The molecule has 3 aliphatic heterocycles. The number of fused-ring (bicyclic) bond motifs is 1. The van der Waals surface area contributed by atoms with Crippen molar-refractivity contribution >= 4 is 46.8 Å². The summed E-state index contributed by atoms with van der Waals surface area (Å²) in [4.78, 5) is 46.1. The number of benzene rings is 1. The zero-order valence-electron chi connectivity index (χ0n) is 24.9. The number of aliphatic hydroxyl groups excluding tert-OH is 1. The summed E-state index contributed by atoms with van der Waals surface area (Å²) < 4.78 is 5.02. The molecule has 3 saturated heterocycles. The van der Waals surface area contributed by atoms with Crippen LogP contribution in [0.5, 0.6) is 0 Å². The van der Waals surface area contributed by atoms with Crippen LogP contribution in [-0.4, -0.2) is 70.1 Å². The van der Waals surface area contributed by atoms with Gasteiger partial charge < -0.3 is 19.6 Å². The number of carbonyl (C=O) groups excluding carboxylic acids is 3. The van der Waals surface area contributed by atoms with Crippen molar-refractivity contribution in [1.29, 1.82) is 0 Å². The number of hydrogen-bond donors (Lipinski definition) is 1. The van der Waals surface area contributed by atoms with E-state index in [-0.39, 0.29) is 42.1 Å².